The third-order valence-corrected chi connectivity index (χ3v) is 4.94. The SMILES string of the molecule is COc1cc(OC)c(N2C[C@H](C(=O)Nc3ccccc3C)CC2=O)cc1Cl. The summed E-state index contributed by atoms with van der Waals surface area (Å²) in [5.41, 5.74) is 2.24. The maximum atomic E-state index is 12.6. The second-order valence-corrected chi connectivity index (χ2v) is 6.78. The topological polar surface area (TPSA) is 67.9 Å². The van der Waals surface area contributed by atoms with Crippen LogP contribution in [0.3, 0.4) is 0 Å². The van der Waals surface area contributed by atoms with Gasteiger partial charge in [0.25, 0.3) is 0 Å². The Morgan fingerprint density at radius 3 is 2.56 bits per heavy atom. The van der Waals surface area contributed by atoms with E-state index in [0.717, 1.165) is 11.3 Å². The van der Waals surface area contributed by atoms with Crippen LogP contribution in [0.5, 0.6) is 11.5 Å². The van der Waals surface area contributed by atoms with Crippen molar-refractivity contribution >= 4 is 34.8 Å². The number of ether oxygens (including phenoxy) is 2. The van der Waals surface area contributed by atoms with E-state index < -0.39 is 5.92 Å². The smallest absolute Gasteiger partial charge is 0.229 e. The Hall–Kier alpha value is -2.73. The highest BCUT2D eigenvalue weighted by molar-refractivity contribution is 6.32. The number of hydrogen-bond donors (Lipinski definition) is 1. The van der Waals surface area contributed by atoms with Crippen molar-refractivity contribution in [1.29, 1.82) is 0 Å². The molecule has 2 aromatic rings. The van der Waals surface area contributed by atoms with Crippen molar-refractivity contribution in [3.63, 3.8) is 0 Å². The fraction of sp³-hybridized carbons (Fsp3) is 0.300. The third-order valence-electron chi connectivity index (χ3n) is 4.64. The van der Waals surface area contributed by atoms with Crippen LogP contribution in [0.1, 0.15) is 12.0 Å². The number of nitrogens with zero attached hydrogens (tertiary/aromatic N) is 1. The number of methoxy groups -OCH3 is 2. The third kappa shape index (κ3) is 3.85. The van der Waals surface area contributed by atoms with Crippen LogP contribution in [0.25, 0.3) is 0 Å². The molecule has 1 aliphatic heterocycles. The maximum Gasteiger partial charge on any atom is 0.229 e. The van der Waals surface area contributed by atoms with Crippen LogP contribution in [0, 0.1) is 12.8 Å². The number of para-hydroxylation sites is 1. The minimum atomic E-state index is -0.456. The van der Waals surface area contributed by atoms with Gasteiger partial charge >= 0.3 is 0 Å². The van der Waals surface area contributed by atoms with Gasteiger partial charge in [0.2, 0.25) is 11.8 Å². The zero-order chi connectivity index (χ0) is 19.6. The van der Waals surface area contributed by atoms with E-state index >= 15 is 0 Å². The molecule has 0 unspecified atom stereocenters. The number of hydrogen-bond acceptors (Lipinski definition) is 4. The lowest BCUT2D eigenvalue weighted by Crippen LogP contribution is -2.28. The van der Waals surface area contributed by atoms with Crippen LogP contribution < -0.4 is 19.7 Å². The summed E-state index contributed by atoms with van der Waals surface area (Å²) < 4.78 is 10.6. The van der Waals surface area contributed by atoms with Crippen LogP contribution in [0.2, 0.25) is 5.02 Å². The molecule has 7 heteroatoms. The monoisotopic (exact) mass is 388 g/mol. The standard InChI is InChI=1S/C20H21ClN2O4/c1-12-6-4-5-7-15(12)22-20(25)13-8-19(24)23(11-13)16-9-14(21)17(26-2)10-18(16)27-3/h4-7,9-10,13H,8,11H2,1-3H3,(H,22,25)/t13-/m1/s1. The van der Waals surface area contributed by atoms with Crippen molar-refractivity contribution in [3.05, 3.63) is 47.0 Å². The Morgan fingerprint density at radius 2 is 1.89 bits per heavy atom. The molecular formula is C20H21ClN2O4. The first-order valence-electron chi connectivity index (χ1n) is 8.53. The molecule has 6 nitrogen and oxygen atoms in total. The molecule has 0 aromatic heterocycles. The van der Waals surface area contributed by atoms with Gasteiger partial charge in [-0.25, -0.2) is 0 Å². The highest BCUT2D eigenvalue weighted by Crippen LogP contribution is 2.40. The van der Waals surface area contributed by atoms with Gasteiger partial charge in [-0.15, -0.1) is 0 Å². The quantitative estimate of drug-likeness (QED) is 0.848. The first-order chi connectivity index (χ1) is 12.9. The summed E-state index contributed by atoms with van der Waals surface area (Å²) in [6.45, 7) is 2.18. The van der Waals surface area contributed by atoms with Crippen LogP contribution in [0.15, 0.2) is 36.4 Å². The molecule has 3 rings (SSSR count). The van der Waals surface area contributed by atoms with Gasteiger partial charge in [-0.05, 0) is 24.6 Å². The zero-order valence-corrected chi connectivity index (χ0v) is 16.2. The van der Waals surface area contributed by atoms with Gasteiger partial charge in [0, 0.05) is 24.7 Å². The Morgan fingerprint density at radius 1 is 1.19 bits per heavy atom. The molecular weight excluding hydrogens is 368 g/mol. The summed E-state index contributed by atoms with van der Waals surface area (Å²) >= 11 is 6.21. The number of carbonyl (C=O) groups excluding carboxylic acids is 2. The van der Waals surface area contributed by atoms with Gasteiger partial charge in [-0.3, -0.25) is 9.59 Å². The summed E-state index contributed by atoms with van der Waals surface area (Å²) in [6, 6.07) is 10.8. The summed E-state index contributed by atoms with van der Waals surface area (Å²) in [4.78, 5) is 26.7. The van der Waals surface area contributed by atoms with E-state index in [0.29, 0.717) is 22.2 Å². The molecule has 142 valence electrons. The lowest BCUT2D eigenvalue weighted by atomic mass is 10.1. The molecule has 1 atom stereocenters. The highest BCUT2D eigenvalue weighted by atomic mass is 35.5. The number of amides is 2. The number of nitrogens with one attached hydrogen (secondary N) is 1. The normalized spacial score (nSPS) is 16.4. The van der Waals surface area contributed by atoms with Gasteiger partial charge in [0.1, 0.15) is 11.5 Å². The number of halogens is 1. The van der Waals surface area contributed by atoms with Crippen LogP contribution in [-0.2, 0) is 9.59 Å². The van der Waals surface area contributed by atoms with Crippen molar-refractivity contribution in [2.24, 2.45) is 5.92 Å². The molecule has 1 fully saturated rings. The lowest BCUT2D eigenvalue weighted by Gasteiger charge is -2.21. The average Bonchev–Trinajstić information content (AvgIpc) is 3.05. The molecule has 0 spiro atoms. The van der Waals surface area contributed by atoms with Gasteiger partial charge in [-0.2, -0.15) is 0 Å². The minimum Gasteiger partial charge on any atom is -0.495 e. The molecule has 0 radical (unpaired) electrons. The number of carbonyl (C=O) groups is 2. The number of rotatable bonds is 5. The Labute approximate surface area is 163 Å². The van der Waals surface area contributed by atoms with E-state index in [4.69, 9.17) is 21.1 Å². The van der Waals surface area contributed by atoms with Gasteiger partial charge in [-0.1, -0.05) is 29.8 Å². The van der Waals surface area contributed by atoms with Gasteiger partial charge in [0.15, 0.2) is 0 Å². The molecule has 0 saturated carbocycles. The fourth-order valence-electron chi connectivity index (χ4n) is 3.12. The second-order valence-electron chi connectivity index (χ2n) is 6.37. The highest BCUT2D eigenvalue weighted by Gasteiger charge is 2.36. The fourth-order valence-corrected chi connectivity index (χ4v) is 3.35. The van der Waals surface area contributed by atoms with E-state index in [1.165, 1.54) is 19.1 Å². The average molecular weight is 389 g/mol. The van der Waals surface area contributed by atoms with Gasteiger partial charge in [0.05, 0.1) is 30.8 Å². The van der Waals surface area contributed by atoms with Crippen LogP contribution in [-0.4, -0.2) is 32.6 Å². The van der Waals surface area contributed by atoms with Crippen molar-refractivity contribution in [3.8, 4) is 11.5 Å². The molecule has 1 aliphatic rings. The molecule has 1 N–H and O–H groups in total. The molecule has 27 heavy (non-hydrogen) atoms. The summed E-state index contributed by atoms with van der Waals surface area (Å²) in [5, 5.41) is 3.28. The molecule has 1 saturated heterocycles. The lowest BCUT2D eigenvalue weighted by molar-refractivity contribution is -0.122. The van der Waals surface area contributed by atoms with E-state index in [9.17, 15) is 9.59 Å². The summed E-state index contributed by atoms with van der Waals surface area (Å²) in [6.07, 6.45) is 0.129. The van der Waals surface area contributed by atoms with Crippen molar-refractivity contribution < 1.29 is 19.1 Å². The van der Waals surface area contributed by atoms with Crippen LogP contribution in [0.4, 0.5) is 11.4 Å². The Kier molecular flexibility index (Phi) is 5.56. The number of aryl methyl sites for hydroxylation is 1. The number of benzene rings is 2. The zero-order valence-electron chi connectivity index (χ0n) is 15.4. The van der Waals surface area contributed by atoms with Crippen molar-refractivity contribution in [1.82, 2.24) is 0 Å². The molecule has 0 bridgehead atoms. The largest absolute Gasteiger partial charge is 0.495 e. The van der Waals surface area contributed by atoms with Gasteiger partial charge < -0.3 is 19.7 Å². The minimum absolute atomic E-state index is 0.129. The van der Waals surface area contributed by atoms with E-state index in [2.05, 4.69) is 5.32 Å². The van der Waals surface area contributed by atoms with Crippen LogP contribution >= 0.6 is 11.6 Å². The van der Waals surface area contributed by atoms with E-state index in [-0.39, 0.29) is 24.8 Å². The summed E-state index contributed by atoms with van der Waals surface area (Å²) in [7, 11) is 3.02. The molecule has 2 amide bonds. The predicted molar refractivity (Wildman–Crippen MR) is 105 cm³/mol. The Balaban J connectivity index is 1.80. The first kappa shape index (κ1) is 19.0. The predicted octanol–water partition coefficient (Wildman–Crippen LogP) is 3.66. The molecule has 2 aromatic carbocycles. The van der Waals surface area contributed by atoms with E-state index in [1.807, 2.05) is 31.2 Å². The first-order valence-corrected chi connectivity index (χ1v) is 8.90. The maximum absolute atomic E-state index is 12.6. The summed E-state index contributed by atoms with van der Waals surface area (Å²) in [5.74, 6) is 0.128. The van der Waals surface area contributed by atoms with E-state index in [1.54, 1.807) is 12.1 Å². The number of anilines is 2. The van der Waals surface area contributed by atoms with Crippen molar-refractivity contribution in [2.45, 2.75) is 13.3 Å². The van der Waals surface area contributed by atoms with Crippen molar-refractivity contribution in [2.75, 3.05) is 31.0 Å². The Bertz CT molecular complexity index is 884. The molecule has 1 heterocycles. The second kappa shape index (κ2) is 7.88. The molecule has 0 aliphatic carbocycles.